The second kappa shape index (κ2) is 5.09. The highest BCUT2D eigenvalue weighted by molar-refractivity contribution is 6.10. The Hall–Kier alpha value is -2.56. The fraction of sp³-hybridized carbons (Fsp3) is 0.188. The Morgan fingerprint density at radius 3 is 2.86 bits per heavy atom. The maximum absolute atomic E-state index is 13.4. The van der Waals surface area contributed by atoms with E-state index in [-0.39, 0.29) is 11.7 Å². The van der Waals surface area contributed by atoms with Crippen molar-refractivity contribution < 1.29 is 13.9 Å². The molecule has 0 aromatic heterocycles. The molecule has 2 aromatic rings. The molecule has 0 atom stereocenters. The van der Waals surface area contributed by atoms with E-state index < -0.39 is 0 Å². The molecule has 0 saturated carbocycles. The van der Waals surface area contributed by atoms with Gasteiger partial charge in [-0.1, -0.05) is 6.07 Å². The van der Waals surface area contributed by atoms with Crippen LogP contribution in [0.4, 0.5) is 15.8 Å². The predicted octanol–water partition coefficient (Wildman–Crippen LogP) is 2.62. The van der Waals surface area contributed by atoms with Crippen molar-refractivity contribution in [3.63, 3.8) is 0 Å². The van der Waals surface area contributed by atoms with Gasteiger partial charge >= 0.3 is 0 Å². The molecule has 1 heterocycles. The maximum Gasteiger partial charge on any atom is 0.260 e. The quantitative estimate of drug-likeness (QED) is 0.863. The van der Waals surface area contributed by atoms with E-state index >= 15 is 0 Å². The monoisotopic (exact) mass is 286 g/mol. The first-order chi connectivity index (χ1) is 10.1. The summed E-state index contributed by atoms with van der Waals surface area (Å²) in [5.74, 6) is -0.0333. The van der Waals surface area contributed by atoms with Crippen LogP contribution in [0.1, 0.15) is 15.9 Å². The number of nitrogens with two attached hydrogens (primary N) is 1. The van der Waals surface area contributed by atoms with Crippen molar-refractivity contribution in [2.75, 3.05) is 24.3 Å². The molecule has 0 aliphatic carbocycles. The third kappa shape index (κ3) is 2.31. The fourth-order valence-electron chi connectivity index (χ4n) is 2.56. The van der Waals surface area contributed by atoms with Gasteiger partial charge < -0.3 is 15.4 Å². The van der Waals surface area contributed by atoms with Gasteiger partial charge in [0.1, 0.15) is 11.6 Å². The number of nitrogen functional groups attached to an aromatic ring is 1. The average molecular weight is 286 g/mol. The summed E-state index contributed by atoms with van der Waals surface area (Å²) >= 11 is 0. The Morgan fingerprint density at radius 1 is 1.29 bits per heavy atom. The Kier molecular flexibility index (Phi) is 3.25. The van der Waals surface area contributed by atoms with Gasteiger partial charge in [0.15, 0.2) is 0 Å². The summed E-state index contributed by atoms with van der Waals surface area (Å²) in [4.78, 5) is 14.2. The number of methoxy groups -OCH3 is 1. The molecule has 0 spiro atoms. The molecule has 108 valence electrons. The highest BCUT2D eigenvalue weighted by Crippen LogP contribution is 2.31. The third-order valence-electron chi connectivity index (χ3n) is 3.68. The van der Waals surface area contributed by atoms with Crippen LogP contribution in [0.5, 0.6) is 5.75 Å². The molecule has 0 unspecified atom stereocenters. The minimum Gasteiger partial charge on any atom is -0.497 e. The van der Waals surface area contributed by atoms with Crippen molar-refractivity contribution >= 4 is 17.3 Å². The van der Waals surface area contributed by atoms with E-state index in [2.05, 4.69) is 0 Å². The summed E-state index contributed by atoms with van der Waals surface area (Å²) < 4.78 is 18.5. The molecule has 0 radical (unpaired) electrons. The fourth-order valence-corrected chi connectivity index (χ4v) is 2.56. The van der Waals surface area contributed by atoms with Crippen molar-refractivity contribution in [3.05, 3.63) is 53.3 Å². The zero-order chi connectivity index (χ0) is 15.0. The van der Waals surface area contributed by atoms with Crippen molar-refractivity contribution in [2.24, 2.45) is 0 Å². The normalized spacial score (nSPS) is 13.1. The summed E-state index contributed by atoms with van der Waals surface area (Å²) in [5, 5.41) is 0. The zero-order valence-electron chi connectivity index (χ0n) is 11.6. The predicted molar refractivity (Wildman–Crippen MR) is 79.2 cm³/mol. The number of ether oxygens (including phenoxy) is 1. The summed E-state index contributed by atoms with van der Waals surface area (Å²) in [6.07, 6.45) is 0.714. The van der Waals surface area contributed by atoms with E-state index in [0.717, 1.165) is 5.56 Å². The highest BCUT2D eigenvalue weighted by atomic mass is 19.1. The van der Waals surface area contributed by atoms with Crippen molar-refractivity contribution in [2.45, 2.75) is 6.42 Å². The van der Waals surface area contributed by atoms with Gasteiger partial charge in [-0.25, -0.2) is 4.39 Å². The van der Waals surface area contributed by atoms with Crippen molar-refractivity contribution in [1.29, 1.82) is 0 Å². The van der Waals surface area contributed by atoms with E-state index in [1.807, 2.05) is 0 Å². The lowest BCUT2D eigenvalue weighted by Gasteiger charge is -2.19. The van der Waals surface area contributed by atoms with Crippen LogP contribution in [0.25, 0.3) is 0 Å². The number of halogens is 1. The van der Waals surface area contributed by atoms with Gasteiger partial charge in [0.2, 0.25) is 0 Å². The molecule has 21 heavy (non-hydrogen) atoms. The number of rotatable bonds is 2. The lowest BCUT2D eigenvalue weighted by molar-refractivity contribution is 0.0990. The molecular weight excluding hydrogens is 271 g/mol. The smallest absolute Gasteiger partial charge is 0.260 e. The number of hydrogen-bond donors (Lipinski definition) is 1. The SMILES string of the molecule is COc1ccc(N)c(C(=O)N2CCc3ccc(F)cc32)c1. The highest BCUT2D eigenvalue weighted by Gasteiger charge is 2.27. The van der Waals surface area contributed by atoms with Crippen LogP contribution in [0, 0.1) is 5.82 Å². The van der Waals surface area contributed by atoms with E-state index in [4.69, 9.17) is 10.5 Å². The number of fused-ring (bicyclic) bond motifs is 1. The molecular formula is C16H15FN2O2. The van der Waals surface area contributed by atoms with Gasteiger partial charge in [-0.15, -0.1) is 0 Å². The molecule has 0 fully saturated rings. The van der Waals surface area contributed by atoms with Gasteiger partial charge in [0.25, 0.3) is 5.91 Å². The van der Waals surface area contributed by atoms with Gasteiger partial charge in [-0.05, 0) is 42.3 Å². The molecule has 2 aromatic carbocycles. The van der Waals surface area contributed by atoms with Crippen molar-refractivity contribution in [3.8, 4) is 5.75 Å². The summed E-state index contributed by atoms with van der Waals surface area (Å²) in [6, 6.07) is 9.45. The second-order valence-corrected chi connectivity index (χ2v) is 4.93. The molecule has 4 nitrogen and oxygen atoms in total. The molecule has 0 saturated heterocycles. The third-order valence-corrected chi connectivity index (χ3v) is 3.68. The van der Waals surface area contributed by atoms with Gasteiger partial charge in [-0.3, -0.25) is 4.79 Å². The number of anilines is 2. The number of benzene rings is 2. The molecule has 1 aliphatic heterocycles. The Bertz CT molecular complexity index is 715. The van der Waals surface area contributed by atoms with Crippen LogP contribution in [0.2, 0.25) is 0 Å². The van der Waals surface area contributed by atoms with Gasteiger partial charge in [0.05, 0.1) is 18.4 Å². The molecule has 1 amide bonds. The standard InChI is InChI=1S/C16H15FN2O2/c1-21-12-4-5-14(18)13(9-12)16(20)19-7-6-10-2-3-11(17)8-15(10)19/h2-5,8-9H,6-7,18H2,1H3. The van der Waals surface area contributed by atoms with Crippen molar-refractivity contribution in [1.82, 2.24) is 0 Å². The number of nitrogens with zero attached hydrogens (tertiary/aromatic N) is 1. The zero-order valence-corrected chi connectivity index (χ0v) is 11.6. The van der Waals surface area contributed by atoms with Gasteiger partial charge in [0, 0.05) is 12.2 Å². The van der Waals surface area contributed by atoms with Crippen LogP contribution in [0.3, 0.4) is 0 Å². The molecule has 0 bridgehead atoms. The largest absolute Gasteiger partial charge is 0.497 e. The van der Waals surface area contributed by atoms with E-state index in [1.165, 1.54) is 19.2 Å². The topological polar surface area (TPSA) is 55.6 Å². The number of carbonyl (C=O) groups excluding carboxylic acids is 1. The number of amides is 1. The lowest BCUT2D eigenvalue weighted by atomic mass is 10.1. The molecule has 5 heteroatoms. The number of carbonyl (C=O) groups is 1. The Labute approximate surface area is 121 Å². The minimum atomic E-state index is -0.355. The van der Waals surface area contributed by atoms with Crippen LogP contribution in [0.15, 0.2) is 36.4 Å². The lowest BCUT2D eigenvalue weighted by Crippen LogP contribution is -2.29. The first kappa shape index (κ1) is 13.4. The first-order valence-corrected chi connectivity index (χ1v) is 6.64. The maximum atomic E-state index is 13.4. The van der Waals surface area contributed by atoms with Crippen LogP contribution in [-0.4, -0.2) is 19.6 Å². The first-order valence-electron chi connectivity index (χ1n) is 6.64. The van der Waals surface area contributed by atoms with Crippen LogP contribution in [-0.2, 0) is 6.42 Å². The summed E-state index contributed by atoms with van der Waals surface area (Å²) in [7, 11) is 1.53. The summed E-state index contributed by atoms with van der Waals surface area (Å²) in [6.45, 7) is 0.522. The van der Waals surface area contributed by atoms with E-state index in [9.17, 15) is 9.18 Å². The summed E-state index contributed by atoms with van der Waals surface area (Å²) in [5.41, 5.74) is 8.21. The second-order valence-electron chi connectivity index (χ2n) is 4.93. The average Bonchev–Trinajstić information content (AvgIpc) is 2.90. The number of hydrogen-bond acceptors (Lipinski definition) is 3. The molecule has 3 rings (SSSR count). The van der Waals surface area contributed by atoms with E-state index in [0.29, 0.717) is 35.7 Å². The Balaban J connectivity index is 2.00. The van der Waals surface area contributed by atoms with E-state index in [1.54, 1.807) is 29.2 Å². The Morgan fingerprint density at radius 2 is 2.10 bits per heavy atom. The van der Waals surface area contributed by atoms with Gasteiger partial charge in [-0.2, -0.15) is 0 Å². The van der Waals surface area contributed by atoms with Crippen LogP contribution < -0.4 is 15.4 Å². The minimum absolute atomic E-state index is 0.240. The molecule has 2 N–H and O–H groups in total. The van der Waals surface area contributed by atoms with Crippen LogP contribution >= 0.6 is 0 Å². The molecule has 1 aliphatic rings.